The summed E-state index contributed by atoms with van der Waals surface area (Å²) in [5.41, 5.74) is 0.649. The molecule has 1 fully saturated rings. The van der Waals surface area contributed by atoms with E-state index < -0.39 is 11.1 Å². The van der Waals surface area contributed by atoms with Gasteiger partial charge in [0.25, 0.3) is 0 Å². The van der Waals surface area contributed by atoms with Crippen molar-refractivity contribution in [3.05, 3.63) is 17.5 Å². The molecule has 0 bridgehead atoms. The number of carbonyl (C=O) groups excluding carboxylic acids is 2. The number of hydrogen-bond acceptors (Lipinski definition) is 5. The number of hydrogen-bond donors (Lipinski definition) is 0. The van der Waals surface area contributed by atoms with Crippen LogP contribution in [0, 0.1) is 0 Å². The van der Waals surface area contributed by atoms with Gasteiger partial charge in [-0.3, -0.25) is 9.58 Å². The topological polar surface area (TPSA) is 73.7 Å². The first-order chi connectivity index (χ1) is 11.3. The van der Waals surface area contributed by atoms with E-state index in [2.05, 4.69) is 5.10 Å². The van der Waals surface area contributed by atoms with Crippen LogP contribution in [-0.4, -0.2) is 39.0 Å². The average molecular weight is 335 g/mol. The fourth-order valence-electron chi connectivity index (χ4n) is 3.25. The van der Waals surface area contributed by atoms with Gasteiger partial charge in [0.15, 0.2) is 5.54 Å². The summed E-state index contributed by atoms with van der Waals surface area (Å²) in [7, 11) is 0. The molecule has 24 heavy (non-hydrogen) atoms. The second-order valence-corrected chi connectivity index (χ2v) is 7.47. The van der Waals surface area contributed by atoms with Crippen LogP contribution < -0.4 is 0 Å². The highest BCUT2D eigenvalue weighted by atomic mass is 16.6. The van der Waals surface area contributed by atoms with E-state index in [0.29, 0.717) is 19.7 Å². The van der Waals surface area contributed by atoms with Crippen LogP contribution in [0.1, 0.15) is 58.2 Å². The van der Waals surface area contributed by atoms with Crippen LogP contribution in [-0.2, 0) is 32.9 Å². The first-order valence-corrected chi connectivity index (χ1v) is 8.48. The monoisotopic (exact) mass is 335 g/mol. The number of amides is 1. The van der Waals surface area contributed by atoms with Crippen molar-refractivity contribution < 1.29 is 19.1 Å². The van der Waals surface area contributed by atoms with Crippen LogP contribution in [0.4, 0.5) is 4.79 Å². The van der Waals surface area contributed by atoms with Crippen LogP contribution in [0.5, 0.6) is 0 Å². The summed E-state index contributed by atoms with van der Waals surface area (Å²) >= 11 is 0. The van der Waals surface area contributed by atoms with E-state index in [4.69, 9.17) is 9.47 Å². The lowest BCUT2D eigenvalue weighted by atomic mass is 9.76. The zero-order valence-corrected chi connectivity index (χ0v) is 14.8. The molecule has 3 rings (SSSR count). The molecule has 0 unspecified atom stereocenters. The van der Waals surface area contributed by atoms with Crippen molar-refractivity contribution in [3.63, 3.8) is 0 Å². The van der Waals surface area contributed by atoms with E-state index in [1.165, 1.54) is 0 Å². The van der Waals surface area contributed by atoms with E-state index in [0.717, 1.165) is 30.5 Å². The SMILES string of the molecule is CCOC(=O)C1(n2ncc3c2CN(C(=O)OC(C)(C)C)C3)CCC1. The highest BCUT2D eigenvalue weighted by Crippen LogP contribution is 2.42. The number of fused-ring (bicyclic) bond motifs is 1. The predicted octanol–water partition coefficient (Wildman–Crippen LogP) is 2.58. The average Bonchev–Trinajstić information content (AvgIpc) is 2.97. The van der Waals surface area contributed by atoms with Crippen molar-refractivity contribution >= 4 is 12.1 Å². The number of ether oxygens (including phenoxy) is 2. The normalized spacial score (nSPS) is 18.8. The summed E-state index contributed by atoms with van der Waals surface area (Å²) in [6, 6.07) is 0. The van der Waals surface area contributed by atoms with Crippen molar-refractivity contribution in [1.29, 1.82) is 0 Å². The number of rotatable bonds is 3. The Hall–Kier alpha value is -2.05. The van der Waals surface area contributed by atoms with Crippen LogP contribution in [0.25, 0.3) is 0 Å². The summed E-state index contributed by atoms with van der Waals surface area (Å²) in [6.45, 7) is 8.57. The number of esters is 1. The third-order valence-corrected chi connectivity index (χ3v) is 4.55. The molecular weight excluding hydrogens is 310 g/mol. The quantitative estimate of drug-likeness (QED) is 0.794. The molecule has 2 heterocycles. The lowest BCUT2D eigenvalue weighted by molar-refractivity contribution is -0.160. The minimum Gasteiger partial charge on any atom is -0.464 e. The molecule has 0 atom stereocenters. The molecule has 1 aliphatic heterocycles. The molecule has 132 valence electrons. The third-order valence-electron chi connectivity index (χ3n) is 4.55. The van der Waals surface area contributed by atoms with Crippen molar-refractivity contribution in [2.24, 2.45) is 0 Å². The van der Waals surface area contributed by atoms with E-state index >= 15 is 0 Å². The van der Waals surface area contributed by atoms with Gasteiger partial charge in [-0.25, -0.2) is 9.59 Å². The van der Waals surface area contributed by atoms with Gasteiger partial charge in [0.05, 0.1) is 31.6 Å². The Balaban J connectivity index is 1.80. The van der Waals surface area contributed by atoms with Gasteiger partial charge in [0.2, 0.25) is 0 Å². The molecule has 7 nitrogen and oxygen atoms in total. The minimum absolute atomic E-state index is 0.224. The molecule has 1 aliphatic carbocycles. The minimum atomic E-state index is -0.701. The van der Waals surface area contributed by atoms with Gasteiger partial charge >= 0.3 is 12.1 Å². The van der Waals surface area contributed by atoms with E-state index in [1.54, 1.807) is 15.8 Å². The predicted molar refractivity (Wildman–Crippen MR) is 86.2 cm³/mol. The smallest absolute Gasteiger partial charge is 0.410 e. The lowest BCUT2D eigenvalue weighted by Gasteiger charge is -2.40. The summed E-state index contributed by atoms with van der Waals surface area (Å²) < 4.78 is 12.5. The van der Waals surface area contributed by atoms with Crippen LogP contribution in [0.15, 0.2) is 6.20 Å². The largest absolute Gasteiger partial charge is 0.464 e. The van der Waals surface area contributed by atoms with Crippen molar-refractivity contribution in [1.82, 2.24) is 14.7 Å². The fraction of sp³-hybridized carbons (Fsp3) is 0.706. The first kappa shape index (κ1) is 16.8. The molecule has 2 aliphatic rings. The Morgan fingerprint density at radius 2 is 2.00 bits per heavy atom. The molecule has 0 spiro atoms. The Bertz CT molecular complexity index is 655. The molecular formula is C17H25N3O4. The molecule has 0 radical (unpaired) electrons. The van der Waals surface area contributed by atoms with E-state index in [9.17, 15) is 9.59 Å². The molecule has 0 saturated heterocycles. The number of aromatic nitrogens is 2. The second kappa shape index (κ2) is 5.79. The van der Waals surface area contributed by atoms with E-state index in [-0.39, 0.29) is 12.1 Å². The summed E-state index contributed by atoms with van der Waals surface area (Å²) in [5, 5.41) is 4.44. The maximum Gasteiger partial charge on any atom is 0.410 e. The van der Waals surface area contributed by atoms with Gasteiger partial charge in [0.1, 0.15) is 5.60 Å². The zero-order chi connectivity index (χ0) is 17.5. The standard InChI is InChI=1S/C17H25N3O4/c1-5-23-14(21)17(7-6-8-17)20-13-11-19(10-12(13)9-18-20)15(22)24-16(2,3)4/h9H,5-8,10-11H2,1-4H3. The van der Waals surface area contributed by atoms with E-state index in [1.807, 2.05) is 27.7 Å². The molecule has 0 aromatic carbocycles. The third kappa shape index (κ3) is 2.76. The molecule has 1 saturated carbocycles. The number of carbonyl (C=O) groups is 2. The van der Waals surface area contributed by atoms with Crippen LogP contribution in [0.2, 0.25) is 0 Å². The van der Waals surface area contributed by atoms with Crippen LogP contribution >= 0.6 is 0 Å². The van der Waals surface area contributed by atoms with Crippen molar-refractivity contribution in [2.45, 2.75) is 71.2 Å². The Morgan fingerprint density at radius 3 is 2.54 bits per heavy atom. The molecule has 1 amide bonds. The highest BCUT2D eigenvalue weighted by molar-refractivity contribution is 5.80. The first-order valence-electron chi connectivity index (χ1n) is 8.48. The van der Waals surface area contributed by atoms with Gasteiger partial charge in [-0.15, -0.1) is 0 Å². The molecule has 1 aromatic heterocycles. The summed E-state index contributed by atoms with van der Waals surface area (Å²) in [5.74, 6) is -0.224. The second-order valence-electron chi connectivity index (χ2n) is 7.47. The van der Waals surface area contributed by atoms with Gasteiger partial charge < -0.3 is 9.47 Å². The van der Waals surface area contributed by atoms with Gasteiger partial charge in [-0.1, -0.05) is 0 Å². The van der Waals surface area contributed by atoms with Gasteiger partial charge in [-0.2, -0.15) is 5.10 Å². The Labute approximate surface area is 141 Å². The zero-order valence-electron chi connectivity index (χ0n) is 14.8. The van der Waals surface area contributed by atoms with Crippen molar-refractivity contribution in [3.8, 4) is 0 Å². The van der Waals surface area contributed by atoms with Gasteiger partial charge in [-0.05, 0) is 47.0 Å². The summed E-state index contributed by atoms with van der Waals surface area (Å²) in [6.07, 6.45) is 3.84. The Kier molecular flexibility index (Phi) is 4.05. The Morgan fingerprint density at radius 1 is 1.29 bits per heavy atom. The maximum absolute atomic E-state index is 12.5. The van der Waals surface area contributed by atoms with Crippen LogP contribution in [0.3, 0.4) is 0 Å². The molecule has 1 aromatic rings. The fourth-order valence-corrected chi connectivity index (χ4v) is 3.25. The summed E-state index contributed by atoms with van der Waals surface area (Å²) in [4.78, 5) is 26.4. The van der Waals surface area contributed by atoms with Gasteiger partial charge in [0, 0.05) is 5.56 Å². The van der Waals surface area contributed by atoms with Crippen molar-refractivity contribution in [2.75, 3.05) is 6.61 Å². The maximum atomic E-state index is 12.5. The molecule has 7 heteroatoms. The highest BCUT2D eigenvalue weighted by Gasteiger charge is 2.50. The molecule has 0 N–H and O–H groups in total. The lowest BCUT2D eigenvalue weighted by Crippen LogP contribution is -2.50. The number of nitrogens with zero attached hydrogens (tertiary/aromatic N) is 3.